The molecule has 3 rings (SSSR count). The fourth-order valence-electron chi connectivity index (χ4n) is 2.63. The van der Waals surface area contributed by atoms with E-state index in [0.29, 0.717) is 10.0 Å². The number of ether oxygens (including phenoxy) is 2. The summed E-state index contributed by atoms with van der Waals surface area (Å²) in [5, 5.41) is 0.664. The predicted octanol–water partition coefficient (Wildman–Crippen LogP) is 1.36. The van der Waals surface area contributed by atoms with Crippen molar-refractivity contribution in [1.29, 1.82) is 0 Å². The smallest absolute Gasteiger partial charge is 0.333 e. The van der Waals surface area contributed by atoms with Crippen molar-refractivity contribution in [3.63, 3.8) is 0 Å². The van der Waals surface area contributed by atoms with Gasteiger partial charge in [0, 0.05) is 14.1 Å². The summed E-state index contributed by atoms with van der Waals surface area (Å²) in [4.78, 5) is 41.0. The van der Waals surface area contributed by atoms with Crippen molar-refractivity contribution in [2.24, 2.45) is 14.1 Å². The maximum atomic E-state index is 12.5. The van der Waals surface area contributed by atoms with Gasteiger partial charge in [-0.3, -0.25) is 14.2 Å². The highest BCUT2D eigenvalue weighted by molar-refractivity contribution is 6.37. The van der Waals surface area contributed by atoms with Crippen LogP contribution in [0.1, 0.15) is 0 Å². The molecule has 148 valence electrons. The molecule has 0 spiro atoms. The molecule has 0 aliphatic rings. The lowest BCUT2D eigenvalue weighted by molar-refractivity contribution is -0.145. The highest BCUT2D eigenvalue weighted by atomic mass is 35.5. The van der Waals surface area contributed by atoms with Gasteiger partial charge in [0.25, 0.3) is 5.56 Å². The zero-order valence-electron chi connectivity index (χ0n) is 15.0. The van der Waals surface area contributed by atoms with Gasteiger partial charge in [-0.2, -0.15) is 0 Å². The van der Waals surface area contributed by atoms with Gasteiger partial charge in [-0.05, 0) is 12.1 Å². The zero-order chi connectivity index (χ0) is 20.4. The first kappa shape index (κ1) is 20.0. The lowest BCUT2D eigenvalue weighted by Crippen LogP contribution is -2.41. The normalized spacial score (nSPS) is 11.0. The van der Waals surface area contributed by atoms with Crippen molar-refractivity contribution in [3.05, 3.63) is 55.4 Å². The maximum Gasteiger partial charge on any atom is 0.333 e. The first-order chi connectivity index (χ1) is 13.3. The molecule has 2 aromatic heterocycles. The van der Waals surface area contributed by atoms with Crippen LogP contribution >= 0.6 is 23.2 Å². The van der Waals surface area contributed by atoms with Gasteiger partial charge in [0.1, 0.15) is 19.8 Å². The zero-order valence-corrected chi connectivity index (χ0v) is 16.5. The number of aromatic nitrogens is 4. The molecule has 0 unspecified atom stereocenters. The topological polar surface area (TPSA) is 97.4 Å². The van der Waals surface area contributed by atoms with Crippen LogP contribution in [-0.4, -0.2) is 37.9 Å². The number of hydrogen-bond acceptors (Lipinski definition) is 6. The Hall–Kier alpha value is -2.78. The number of benzene rings is 1. The highest BCUT2D eigenvalue weighted by Gasteiger charge is 2.17. The third-order valence-electron chi connectivity index (χ3n) is 4.00. The number of imidazole rings is 1. The molecule has 0 radical (unpaired) electrons. The van der Waals surface area contributed by atoms with Gasteiger partial charge in [0.15, 0.2) is 16.9 Å². The van der Waals surface area contributed by atoms with Crippen LogP contribution in [0.3, 0.4) is 0 Å². The molecule has 0 aliphatic heterocycles. The number of para-hydroxylation sites is 1. The van der Waals surface area contributed by atoms with E-state index in [4.69, 9.17) is 32.7 Å². The summed E-state index contributed by atoms with van der Waals surface area (Å²) >= 11 is 12.0. The Balaban J connectivity index is 1.66. The van der Waals surface area contributed by atoms with E-state index in [0.717, 1.165) is 4.57 Å². The third-order valence-corrected chi connectivity index (χ3v) is 4.60. The van der Waals surface area contributed by atoms with E-state index in [9.17, 15) is 14.4 Å². The minimum atomic E-state index is -0.755. The molecular formula is C17H16Cl2N4O5. The average Bonchev–Trinajstić information content (AvgIpc) is 3.04. The fraction of sp³-hybridized carbons (Fsp3) is 0.294. The first-order valence-corrected chi connectivity index (χ1v) is 8.90. The van der Waals surface area contributed by atoms with E-state index in [1.54, 1.807) is 25.2 Å². The molecule has 0 saturated heterocycles. The molecule has 0 atom stereocenters. The standard InChI is InChI=1S/C17H16Cl2N4O5/c1-21-9-20-15-13(21)16(25)23(17(26)22(15)2)8-12(24)27-6-7-28-14-10(18)4-3-5-11(14)19/h3-5,9H,6-8H2,1-2H3. The molecule has 2 heterocycles. The summed E-state index contributed by atoms with van der Waals surface area (Å²) in [5.41, 5.74) is -0.819. The quantitative estimate of drug-likeness (QED) is 0.436. The van der Waals surface area contributed by atoms with Crippen molar-refractivity contribution in [1.82, 2.24) is 18.7 Å². The van der Waals surface area contributed by atoms with Crippen LogP contribution in [-0.2, 0) is 30.2 Å². The highest BCUT2D eigenvalue weighted by Crippen LogP contribution is 2.32. The number of halogens is 2. The van der Waals surface area contributed by atoms with Crippen molar-refractivity contribution in [3.8, 4) is 5.75 Å². The summed E-state index contributed by atoms with van der Waals surface area (Å²) in [6.07, 6.45) is 1.42. The second-order valence-electron chi connectivity index (χ2n) is 5.88. The lowest BCUT2D eigenvalue weighted by Gasteiger charge is -2.11. The van der Waals surface area contributed by atoms with E-state index < -0.39 is 23.8 Å². The van der Waals surface area contributed by atoms with Gasteiger partial charge < -0.3 is 14.0 Å². The van der Waals surface area contributed by atoms with Gasteiger partial charge in [0.2, 0.25) is 0 Å². The molecule has 1 aromatic carbocycles. The van der Waals surface area contributed by atoms with Gasteiger partial charge in [-0.15, -0.1) is 0 Å². The largest absolute Gasteiger partial charge is 0.487 e. The van der Waals surface area contributed by atoms with E-state index in [-0.39, 0.29) is 30.1 Å². The second-order valence-corrected chi connectivity index (χ2v) is 6.69. The van der Waals surface area contributed by atoms with Crippen LogP contribution in [0.15, 0.2) is 34.1 Å². The van der Waals surface area contributed by atoms with Crippen LogP contribution in [0.4, 0.5) is 0 Å². The Morgan fingerprint density at radius 3 is 2.50 bits per heavy atom. The van der Waals surface area contributed by atoms with Gasteiger partial charge in [-0.1, -0.05) is 29.3 Å². The van der Waals surface area contributed by atoms with Crippen LogP contribution in [0.5, 0.6) is 5.75 Å². The maximum absolute atomic E-state index is 12.5. The van der Waals surface area contributed by atoms with E-state index in [2.05, 4.69) is 4.98 Å². The molecule has 0 N–H and O–H groups in total. The predicted molar refractivity (Wildman–Crippen MR) is 103 cm³/mol. The SMILES string of the molecule is Cn1cnc2c1c(=O)n(CC(=O)OCCOc1c(Cl)cccc1Cl)c(=O)n2C. The third kappa shape index (κ3) is 3.76. The Morgan fingerprint density at radius 1 is 1.14 bits per heavy atom. The Labute approximate surface area is 168 Å². The molecule has 0 fully saturated rings. The summed E-state index contributed by atoms with van der Waals surface area (Å²) in [5.74, 6) is -0.469. The van der Waals surface area contributed by atoms with Gasteiger partial charge >= 0.3 is 11.7 Å². The molecule has 9 nitrogen and oxygen atoms in total. The molecule has 0 aliphatic carbocycles. The minimum absolute atomic E-state index is 0.00284. The lowest BCUT2D eigenvalue weighted by atomic mass is 10.3. The molecule has 28 heavy (non-hydrogen) atoms. The summed E-state index contributed by atoms with van der Waals surface area (Å²) in [7, 11) is 3.10. The van der Waals surface area contributed by atoms with Gasteiger partial charge in [-0.25, -0.2) is 14.3 Å². The number of carbonyl (C=O) groups is 1. The van der Waals surface area contributed by atoms with Crippen LogP contribution in [0.25, 0.3) is 11.2 Å². The number of aryl methyl sites for hydroxylation is 2. The van der Waals surface area contributed by atoms with Crippen LogP contribution in [0.2, 0.25) is 10.0 Å². The van der Waals surface area contributed by atoms with Gasteiger partial charge in [0.05, 0.1) is 16.4 Å². The molecular weight excluding hydrogens is 411 g/mol. The second kappa shape index (κ2) is 8.07. The number of carbonyl (C=O) groups excluding carboxylic acids is 1. The Bertz CT molecular complexity index is 1140. The summed E-state index contributed by atoms with van der Waals surface area (Å²) in [6, 6.07) is 4.91. The van der Waals surface area contributed by atoms with Crippen molar-refractivity contribution >= 4 is 40.3 Å². The van der Waals surface area contributed by atoms with E-state index in [1.807, 2.05) is 0 Å². The molecule has 3 aromatic rings. The number of rotatable bonds is 6. The van der Waals surface area contributed by atoms with Crippen molar-refractivity contribution in [2.75, 3.05) is 13.2 Å². The molecule has 0 amide bonds. The molecule has 0 saturated carbocycles. The van der Waals surface area contributed by atoms with E-state index in [1.165, 1.54) is 22.5 Å². The molecule has 0 bridgehead atoms. The summed E-state index contributed by atoms with van der Waals surface area (Å²) in [6.45, 7) is -0.633. The Morgan fingerprint density at radius 2 is 1.82 bits per heavy atom. The average molecular weight is 427 g/mol. The van der Waals surface area contributed by atoms with Crippen molar-refractivity contribution < 1.29 is 14.3 Å². The monoisotopic (exact) mass is 426 g/mol. The minimum Gasteiger partial charge on any atom is -0.487 e. The number of fused-ring (bicyclic) bond motifs is 1. The van der Waals surface area contributed by atoms with Crippen LogP contribution in [0, 0.1) is 0 Å². The number of nitrogens with zero attached hydrogens (tertiary/aromatic N) is 4. The van der Waals surface area contributed by atoms with E-state index >= 15 is 0 Å². The Kier molecular flexibility index (Phi) is 5.76. The van der Waals surface area contributed by atoms with Crippen molar-refractivity contribution in [2.45, 2.75) is 6.54 Å². The number of hydrogen-bond donors (Lipinski definition) is 0. The molecule has 11 heteroatoms. The first-order valence-electron chi connectivity index (χ1n) is 8.14. The number of esters is 1. The summed E-state index contributed by atoms with van der Waals surface area (Å²) < 4.78 is 13.9. The van der Waals surface area contributed by atoms with Crippen LogP contribution < -0.4 is 16.0 Å². The fourth-order valence-corrected chi connectivity index (χ4v) is 3.14.